The lowest BCUT2D eigenvalue weighted by Crippen LogP contribution is -2.15. The predicted molar refractivity (Wildman–Crippen MR) is 111 cm³/mol. The highest BCUT2D eigenvalue weighted by Crippen LogP contribution is 2.33. The van der Waals surface area contributed by atoms with Gasteiger partial charge in [0, 0.05) is 10.3 Å². The van der Waals surface area contributed by atoms with Gasteiger partial charge in [-0.3, -0.25) is 0 Å². The Labute approximate surface area is 179 Å². The predicted octanol–water partition coefficient (Wildman–Crippen LogP) is 5.30. The number of rotatable bonds is 7. The van der Waals surface area contributed by atoms with Crippen LogP contribution < -0.4 is 0 Å². The summed E-state index contributed by atoms with van der Waals surface area (Å²) in [6.45, 7) is 1.42. The van der Waals surface area contributed by atoms with Crippen LogP contribution in [-0.4, -0.2) is 29.6 Å². The molecule has 1 N–H and O–H groups in total. The molecule has 3 aromatic rings. The summed E-state index contributed by atoms with van der Waals surface area (Å²) in [5.74, 6) is -1.27. The fourth-order valence-corrected chi connectivity index (χ4v) is 4.05. The Morgan fingerprint density at radius 1 is 1.13 bits per heavy atom. The van der Waals surface area contributed by atoms with E-state index in [4.69, 9.17) is 4.84 Å². The molecule has 0 saturated carbocycles. The van der Waals surface area contributed by atoms with Gasteiger partial charge in [0.05, 0.1) is 16.2 Å². The molecule has 0 atom stereocenters. The normalized spacial score (nSPS) is 12.8. The number of halogens is 3. The lowest BCUT2D eigenvalue weighted by atomic mass is 10.1. The number of aliphatic carboxylic acids is 1. The van der Waals surface area contributed by atoms with E-state index in [1.807, 2.05) is 18.2 Å². The molecule has 1 aromatic heterocycles. The maximum atomic E-state index is 12.9. The second-order valence-electron chi connectivity index (χ2n) is 6.36. The molecular formula is C21H17F3N2O4S. The third-order valence-corrected chi connectivity index (χ3v) is 5.54. The van der Waals surface area contributed by atoms with Gasteiger partial charge in [-0.25, -0.2) is 4.79 Å². The maximum absolute atomic E-state index is 12.9. The largest absolute Gasteiger partial charge is 0.476 e. The highest BCUT2D eigenvalue weighted by atomic mass is 32.1. The third-order valence-electron chi connectivity index (χ3n) is 4.32. The number of carbonyl (C=O) groups is 1. The summed E-state index contributed by atoms with van der Waals surface area (Å²) in [6.07, 6.45) is -4.46. The van der Waals surface area contributed by atoms with Crippen molar-refractivity contribution in [1.82, 2.24) is 0 Å². The molecule has 31 heavy (non-hydrogen) atoms. The Hall–Kier alpha value is -3.40. The van der Waals surface area contributed by atoms with Crippen LogP contribution in [0.25, 0.3) is 10.1 Å². The standard InChI is InChI=1S/C21H17F3N2O4S/c1-12(13-6-5-7-14(10-13)21(22,23)24)25-30-11-16-15-8-3-4-9-17(15)31-19(16)18(20(27)28)26-29-2/h3-10H,11H2,1-2H3,(H,27,28). The van der Waals surface area contributed by atoms with Crippen LogP contribution >= 0.6 is 11.3 Å². The van der Waals surface area contributed by atoms with Gasteiger partial charge in [0.25, 0.3) is 0 Å². The van der Waals surface area contributed by atoms with Crippen molar-refractivity contribution in [2.24, 2.45) is 10.3 Å². The van der Waals surface area contributed by atoms with Gasteiger partial charge >= 0.3 is 12.1 Å². The van der Waals surface area contributed by atoms with Crippen LogP contribution in [0, 0.1) is 0 Å². The molecule has 1 heterocycles. The highest BCUT2D eigenvalue weighted by molar-refractivity contribution is 7.21. The van der Waals surface area contributed by atoms with Gasteiger partial charge in [-0.15, -0.1) is 11.3 Å². The van der Waals surface area contributed by atoms with E-state index in [1.54, 1.807) is 6.07 Å². The topological polar surface area (TPSA) is 80.5 Å². The van der Waals surface area contributed by atoms with Gasteiger partial charge in [-0.05, 0) is 36.1 Å². The minimum absolute atomic E-state index is 0.105. The molecule has 0 aliphatic heterocycles. The van der Waals surface area contributed by atoms with E-state index in [0.29, 0.717) is 10.4 Å². The first-order valence-corrected chi connectivity index (χ1v) is 9.73. The minimum Gasteiger partial charge on any atom is -0.476 e. The summed E-state index contributed by atoms with van der Waals surface area (Å²) in [6, 6.07) is 12.0. The summed E-state index contributed by atoms with van der Waals surface area (Å²) in [4.78, 5) is 22.0. The first-order valence-electron chi connectivity index (χ1n) is 8.91. The van der Waals surface area contributed by atoms with Gasteiger partial charge in [0.15, 0.2) is 0 Å². The average molecular weight is 450 g/mol. The number of oxime groups is 2. The average Bonchev–Trinajstić information content (AvgIpc) is 3.09. The first kappa shape index (κ1) is 22.3. The number of nitrogens with zero attached hydrogens (tertiary/aromatic N) is 2. The van der Waals surface area contributed by atoms with Crippen molar-refractivity contribution in [3.63, 3.8) is 0 Å². The molecule has 0 fully saturated rings. The van der Waals surface area contributed by atoms with Crippen molar-refractivity contribution in [3.8, 4) is 0 Å². The Morgan fingerprint density at radius 2 is 1.87 bits per heavy atom. The second kappa shape index (κ2) is 9.17. The zero-order chi connectivity index (χ0) is 22.6. The van der Waals surface area contributed by atoms with Crippen molar-refractivity contribution in [3.05, 3.63) is 70.1 Å². The minimum atomic E-state index is -4.46. The SMILES string of the molecule is CON=C(C(=O)O)c1sc2ccccc2c1CON=C(C)c1cccc(C(F)(F)F)c1. The zero-order valence-corrected chi connectivity index (χ0v) is 17.3. The first-order chi connectivity index (χ1) is 14.7. The third kappa shape index (κ3) is 5.02. The van der Waals surface area contributed by atoms with Crippen molar-refractivity contribution >= 4 is 38.8 Å². The van der Waals surface area contributed by atoms with E-state index in [2.05, 4.69) is 15.1 Å². The van der Waals surface area contributed by atoms with Crippen LogP contribution in [0.2, 0.25) is 0 Å². The summed E-state index contributed by atoms with van der Waals surface area (Å²) in [5, 5.41) is 17.8. The van der Waals surface area contributed by atoms with Crippen LogP contribution in [0.4, 0.5) is 13.2 Å². The van der Waals surface area contributed by atoms with E-state index < -0.39 is 17.7 Å². The Morgan fingerprint density at radius 3 is 2.55 bits per heavy atom. The van der Waals surface area contributed by atoms with Crippen molar-refractivity contribution in [2.75, 3.05) is 7.11 Å². The second-order valence-corrected chi connectivity index (χ2v) is 7.41. The number of carboxylic acids is 1. The molecule has 0 bridgehead atoms. The molecule has 2 aromatic carbocycles. The van der Waals surface area contributed by atoms with E-state index in [-0.39, 0.29) is 23.6 Å². The molecule has 0 unspecified atom stereocenters. The quantitative estimate of drug-likeness (QED) is 0.392. The number of thiophene rings is 1. The molecule has 0 spiro atoms. The fraction of sp³-hybridized carbons (Fsp3) is 0.190. The van der Waals surface area contributed by atoms with Crippen molar-refractivity contribution < 1.29 is 32.7 Å². The molecule has 10 heteroatoms. The van der Waals surface area contributed by atoms with Gasteiger partial charge in [0.2, 0.25) is 5.71 Å². The molecule has 3 rings (SSSR count). The monoisotopic (exact) mass is 450 g/mol. The molecule has 0 amide bonds. The number of fused-ring (bicyclic) bond motifs is 1. The van der Waals surface area contributed by atoms with Crippen LogP contribution in [0.15, 0.2) is 58.8 Å². The molecule has 6 nitrogen and oxygen atoms in total. The van der Waals surface area contributed by atoms with E-state index in [9.17, 15) is 23.1 Å². The van der Waals surface area contributed by atoms with Crippen molar-refractivity contribution in [1.29, 1.82) is 0 Å². The molecule has 0 aliphatic carbocycles. The Balaban J connectivity index is 1.91. The Bertz CT molecular complexity index is 1170. The van der Waals surface area contributed by atoms with Gasteiger partial charge in [0.1, 0.15) is 13.7 Å². The van der Waals surface area contributed by atoms with Crippen molar-refractivity contribution in [2.45, 2.75) is 19.7 Å². The fourth-order valence-electron chi connectivity index (χ4n) is 2.87. The number of benzene rings is 2. The van der Waals surface area contributed by atoms with Gasteiger partial charge in [-0.1, -0.05) is 40.6 Å². The van der Waals surface area contributed by atoms with E-state index in [1.165, 1.54) is 37.5 Å². The zero-order valence-electron chi connectivity index (χ0n) is 16.4. The smallest absolute Gasteiger partial charge is 0.416 e. The Kier molecular flexibility index (Phi) is 6.59. The van der Waals surface area contributed by atoms with E-state index in [0.717, 1.165) is 22.2 Å². The summed E-state index contributed by atoms with van der Waals surface area (Å²) in [5.41, 5.74) is -0.0126. The highest BCUT2D eigenvalue weighted by Gasteiger charge is 2.30. The van der Waals surface area contributed by atoms with Crippen LogP contribution in [0.1, 0.15) is 28.5 Å². The van der Waals surface area contributed by atoms with Gasteiger partial charge < -0.3 is 14.8 Å². The molecule has 0 radical (unpaired) electrons. The summed E-state index contributed by atoms with van der Waals surface area (Å²) in [7, 11) is 1.25. The lowest BCUT2D eigenvalue weighted by Gasteiger charge is -2.09. The lowest BCUT2D eigenvalue weighted by molar-refractivity contribution is -0.137. The van der Waals surface area contributed by atoms with Crippen LogP contribution in [-0.2, 0) is 27.3 Å². The summed E-state index contributed by atoms with van der Waals surface area (Å²) >= 11 is 1.22. The number of hydrogen-bond donors (Lipinski definition) is 1. The van der Waals surface area contributed by atoms with E-state index >= 15 is 0 Å². The van der Waals surface area contributed by atoms with Gasteiger partial charge in [-0.2, -0.15) is 13.2 Å². The molecule has 0 saturated heterocycles. The molecule has 0 aliphatic rings. The molecule has 162 valence electrons. The number of carboxylic acid groups (broad SMARTS) is 1. The van der Waals surface area contributed by atoms with Crippen LogP contribution in [0.5, 0.6) is 0 Å². The van der Waals surface area contributed by atoms with Crippen LogP contribution in [0.3, 0.4) is 0 Å². The maximum Gasteiger partial charge on any atom is 0.416 e. The summed E-state index contributed by atoms with van der Waals surface area (Å²) < 4.78 is 39.6. The molecular weight excluding hydrogens is 433 g/mol. The number of alkyl halides is 3. The number of hydrogen-bond acceptors (Lipinski definition) is 6.